The highest BCUT2D eigenvalue weighted by atomic mass is 79.9. The Labute approximate surface area is 269 Å². The van der Waals surface area contributed by atoms with Crippen molar-refractivity contribution in [3.8, 4) is 0 Å². The molecule has 43 heavy (non-hydrogen) atoms. The average molecular weight is 736 g/mol. The summed E-state index contributed by atoms with van der Waals surface area (Å²) < 4.78 is 45.0. The van der Waals surface area contributed by atoms with Crippen LogP contribution in [0.25, 0.3) is 0 Å². The van der Waals surface area contributed by atoms with Crippen LogP contribution in [0.4, 0.5) is 18.4 Å². The number of nitrogens with zero attached hydrogens (tertiary/aromatic N) is 1. The van der Waals surface area contributed by atoms with E-state index in [4.69, 9.17) is 14.2 Å². The molecular weight excluding hydrogens is 694 g/mol. The van der Waals surface area contributed by atoms with Gasteiger partial charge < -0.3 is 24.6 Å². The Morgan fingerprint density at radius 3 is 1.88 bits per heavy atom. The normalized spacial score (nSPS) is 19.5. The fraction of sp³-hybridized carbons (Fsp3) is 0.548. The van der Waals surface area contributed by atoms with Gasteiger partial charge in [0, 0.05) is 8.95 Å². The van der Waals surface area contributed by atoms with Crippen LogP contribution in [-0.2, 0) is 14.2 Å². The summed E-state index contributed by atoms with van der Waals surface area (Å²) in [5.74, 6) is 0. The number of aliphatic hydroxyl groups is 1. The summed E-state index contributed by atoms with van der Waals surface area (Å²) in [5, 5.41) is 12.4. The lowest BCUT2D eigenvalue weighted by Gasteiger charge is -2.34. The van der Waals surface area contributed by atoms with Crippen molar-refractivity contribution in [3.63, 3.8) is 0 Å². The van der Waals surface area contributed by atoms with E-state index >= 15 is 0 Å². The number of alkyl halides is 2. The monoisotopic (exact) mass is 734 g/mol. The Morgan fingerprint density at radius 1 is 0.953 bits per heavy atom. The Bertz CT molecular complexity index is 1200. The Kier molecular flexibility index (Phi) is 13.0. The number of halogens is 4. The Balaban J connectivity index is 0.000000304. The Hall–Kier alpha value is -2.28. The number of nitrogens with one attached hydrogen (secondary N) is 1. The average Bonchev–Trinajstić information content (AvgIpc) is 3.16. The van der Waals surface area contributed by atoms with Gasteiger partial charge in [-0.2, -0.15) is 0 Å². The molecule has 240 valence electrons. The lowest BCUT2D eigenvalue weighted by atomic mass is 10.0. The number of carbonyl (C=O) groups excluding carboxylic acids is 2. The largest absolute Gasteiger partial charge is 0.444 e. The zero-order valence-electron chi connectivity index (χ0n) is 25.8. The van der Waals surface area contributed by atoms with Crippen LogP contribution in [0.1, 0.15) is 78.7 Å². The summed E-state index contributed by atoms with van der Waals surface area (Å²) in [4.78, 5) is 25.5. The molecule has 0 spiro atoms. The van der Waals surface area contributed by atoms with Crippen molar-refractivity contribution in [1.29, 1.82) is 0 Å². The number of hydrogen-bond acceptors (Lipinski definition) is 6. The van der Waals surface area contributed by atoms with E-state index in [1.165, 1.54) is 4.90 Å². The number of aliphatic hydroxyl groups excluding tert-OH is 1. The molecule has 1 heterocycles. The maximum Gasteiger partial charge on any atom is 0.413 e. The minimum atomic E-state index is -1.14. The van der Waals surface area contributed by atoms with Crippen molar-refractivity contribution >= 4 is 44.0 Å². The standard InChI is InChI=1S/C17H23BrFNO3.C14H19BrFNO3/c1-16(2,3)23-15(21)20-13(10-19)14(22-17(20,4)5)11-6-8-12(18)9-7-11;1-14(2,3)20-13(19)17-11(8-16)12(18)9-4-6-10(15)7-5-9/h6-9,13-14H,10H2,1-5H3;4-7,11-12,18H,8H2,1-3H3,(H,17,19)/t13-,14-;11-,12-/m11/s1. The van der Waals surface area contributed by atoms with Crippen LogP contribution in [0.5, 0.6) is 0 Å². The van der Waals surface area contributed by atoms with Gasteiger partial charge in [-0.3, -0.25) is 4.90 Å². The predicted molar refractivity (Wildman–Crippen MR) is 168 cm³/mol. The minimum absolute atomic E-state index is 0.520. The molecule has 0 aliphatic carbocycles. The molecule has 4 atom stereocenters. The van der Waals surface area contributed by atoms with Gasteiger partial charge in [0.15, 0.2) is 0 Å². The van der Waals surface area contributed by atoms with Gasteiger partial charge in [0.05, 0.1) is 12.1 Å². The van der Waals surface area contributed by atoms with Crippen LogP contribution in [0.15, 0.2) is 57.5 Å². The quantitative estimate of drug-likeness (QED) is 0.311. The third kappa shape index (κ3) is 11.3. The molecule has 1 fully saturated rings. The number of carbonyl (C=O) groups is 2. The molecule has 8 nitrogen and oxygen atoms in total. The lowest BCUT2D eigenvalue weighted by molar-refractivity contribution is -0.0797. The number of hydrogen-bond donors (Lipinski definition) is 2. The van der Waals surface area contributed by atoms with Crippen molar-refractivity contribution in [3.05, 3.63) is 68.6 Å². The van der Waals surface area contributed by atoms with E-state index in [-0.39, 0.29) is 0 Å². The first kappa shape index (κ1) is 36.9. The number of ether oxygens (including phenoxy) is 3. The fourth-order valence-electron chi connectivity index (χ4n) is 4.29. The highest BCUT2D eigenvalue weighted by molar-refractivity contribution is 9.10. The summed E-state index contributed by atoms with van der Waals surface area (Å²) in [6.45, 7) is 12.4. The van der Waals surface area contributed by atoms with E-state index in [1.807, 2.05) is 24.3 Å². The van der Waals surface area contributed by atoms with Crippen molar-refractivity contribution in [1.82, 2.24) is 10.2 Å². The second kappa shape index (κ2) is 15.1. The third-order valence-electron chi connectivity index (χ3n) is 6.08. The van der Waals surface area contributed by atoms with E-state index in [9.17, 15) is 23.5 Å². The highest BCUT2D eigenvalue weighted by Crippen LogP contribution is 2.42. The van der Waals surface area contributed by atoms with Gasteiger partial charge in [0.25, 0.3) is 0 Å². The maximum atomic E-state index is 13.8. The van der Waals surface area contributed by atoms with E-state index < -0.39 is 66.8 Å². The molecule has 2 amide bonds. The molecule has 0 saturated carbocycles. The van der Waals surface area contributed by atoms with Crippen LogP contribution in [0, 0.1) is 0 Å². The summed E-state index contributed by atoms with van der Waals surface area (Å²) >= 11 is 6.65. The van der Waals surface area contributed by atoms with Crippen LogP contribution >= 0.6 is 31.9 Å². The van der Waals surface area contributed by atoms with E-state index in [1.54, 1.807) is 79.7 Å². The topological polar surface area (TPSA) is 97.3 Å². The lowest BCUT2D eigenvalue weighted by Crippen LogP contribution is -2.50. The molecule has 1 aliphatic heterocycles. The van der Waals surface area contributed by atoms with Gasteiger partial charge in [-0.15, -0.1) is 0 Å². The summed E-state index contributed by atoms with van der Waals surface area (Å²) in [5.41, 5.74) is -0.921. The van der Waals surface area contributed by atoms with Crippen molar-refractivity contribution in [2.75, 3.05) is 13.3 Å². The molecule has 2 N–H and O–H groups in total. The van der Waals surface area contributed by atoms with Crippen LogP contribution in [0.3, 0.4) is 0 Å². The van der Waals surface area contributed by atoms with Crippen LogP contribution < -0.4 is 5.32 Å². The van der Waals surface area contributed by atoms with Crippen LogP contribution in [-0.4, -0.2) is 64.6 Å². The zero-order valence-corrected chi connectivity index (χ0v) is 29.0. The SMILES string of the molecule is CC(C)(C)OC(=O)N1[C@H](CF)[C@@H](c2ccc(Br)cc2)OC1(C)C.CC(C)(C)OC(=O)N[C@H](CF)[C@H](O)c1ccc(Br)cc1. The van der Waals surface area contributed by atoms with Gasteiger partial charge in [0.2, 0.25) is 0 Å². The molecule has 12 heteroatoms. The van der Waals surface area contributed by atoms with Crippen molar-refractivity contribution < 1.29 is 37.7 Å². The van der Waals surface area contributed by atoms with Gasteiger partial charge in [0.1, 0.15) is 42.5 Å². The summed E-state index contributed by atoms with van der Waals surface area (Å²) in [6, 6.07) is 12.5. The predicted octanol–water partition coefficient (Wildman–Crippen LogP) is 8.18. The van der Waals surface area contributed by atoms with E-state index in [0.29, 0.717) is 5.56 Å². The van der Waals surface area contributed by atoms with Crippen molar-refractivity contribution in [2.24, 2.45) is 0 Å². The smallest absolute Gasteiger partial charge is 0.413 e. The molecule has 2 aromatic rings. The van der Waals surface area contributed by atoms with E-state index in [0.717, 1.165) is 14.5 Å². The molecule has 3 rings (SSSR count). The highest BCUT2D eigenvalue weighted by Gasteiger charge is 2.51. The first-order chi connectivity index (χ1) is 19.8. The molecule has 0 bridgehead atoms. The minimum Gasteiger partial charge on any atom is -0.444 e. The van der Waals surface area contributed by atoms with Crippen molar-refractivity contribution in [2.45, 2.75) is 96.6 Å². The summed E-state index contributed by atoms with van der Waals surface area (Å²) in [6.07, 6.45) is -2.99. The first-order valence-corrected chi connectivity index (χ1v) is 15.4. The van der Waals surface area contributed by atoms with Gasteiger partial charge in [-0.05, 0) is 90.8 Å². The molecule has 0 unspecified atom stereocenters. The number of alkyl carbamates (subject to hydrolysis) is 1. The Morgan fingerprint density at radius 2 is 1.44 bits per heavy atom. The second-order valence-corrected chi connectivity index (χ2v) is 14.3. The molecule has 2 aromatic carbocycles. The number of rotatable bonds is 6. The van der Waals surface area contributed by atoms with Crippen LogP contribution in [0.2, 0.25) is 0 Å². The van der Waals surface area contributed by atoms with Gasteiger partial charge >= 0.3 is 12.2 Å². The zero-order chi connectivity index (χ0) is 32.8. The number of amides is 2. The third-order valence-corrected chi connectivity index (χ3v) is 7.14. The summed E-state index contributed by atoms with van der Waals surface area (Å²) in [7, 11) is 0. The molecular formula is C31H42Br2F2N2O6. The first-order valence-electron chi connectivity index (χ1n) is 13.8. The second-order valence-electron chi connectivity index (χ2n) is 12.5. The molecule has 0 radical (unpaired) electrons. The van der Waals surface area contributed by atoms with E-state index in [2.05, 4.69) is 37.2 Å². The van der Waals surface area contributed by atoms with Gasteiger partial charge in [-0.25, -0.2) is 18.4 Å². The number of benzene rings is 2. The van der Waals surface area contributed by atoms with Gasteiger partial charge in [-0.1, -0.05) is 56.1 Å². The molecule has 1 saturated heterocycles. The molecule has 1 aliphatic rings. The molecule has 0 aromatic heterocycles. The maximum absolute atomic E-state index is 13.8. The fourth-order valence-corrected chi connectivity index (χ4v) is 4.82.